The lowest BCUT2D eigenvalue weighted by atomic mass is 9.73. The molecule has 1 amide bonds. The summed E-state index contributed by atoms with van der Waals surface area (Å²) in [6, 6.07) is 3.75. The van der Waals surface area contributed by atoms with Crippen LogP contribution in [0.5, 0.6) is 0 Å². The zero-order valence-electron chi connectivity index (χ0n) is 24.8. The Bertz CT molecular complexity index is 1490. The summed E-state index contributed by atoms with van der Waals surface area (Å²) in [5.74, 6) is 1.20. The van der Waals surface area contributed by atoms with Crippen molar-refractivity contribution in [3.05, 3.63) is 30.2 Å². The van der Waals surface area contributed by atoms with Crippen LogP contribution in [0.2, 0.25) is 0 Å². The second kappa shape index (κ2) is 10.7. The van der Waals surface area contributed by atoms with E-state index in [-0.39, 0.29) is 17.6 Å². The number of nitrogens with zero attached hydrogens (tertiary/aromatic N) is 7. The highest BCUT2D eigenvalue weighted by Gasteiger charge is 2.50. The Labute approximate surface area is 244 Å². The Morgan fingerprint density at radius 1 is 1.17 bits per heavy atom. The number of piperidine rings is 1. The first-order valence-corrected chi connectivity index (χ1v) is 14.5. The van der Waals surface area contributed by atoms with Gasteiger partial charge < -0.3 is 29.3 Å². The molecule has 0 aromatic carbocycles. The zero-order valence-corrected chi connectivity index (χ0v) is 24.8. The van der Waals surface area contributed by atoms with Gasteiger partial charge in [0.2, 0.25) is 0 Å². The van der Waals surface area contributed by atoms with Crippen LogP contribution in [0.3, 0.4) is 0 Å². The molecule has 0 bridgehead atoms. The molecule has 0 aliphatic carbocycles. The van der Waals surface area contributed by atoms with Crippen molar-refractivity contribution in [2.75, 3.05) is 43.2 Å². The Hall–Kier alpha value is -4.00. The number of fused-ring (bicyclic) bond motifs is 2. The van der Waals surface area contributed by atoms with Gasteiger partial charge in [0, 0.05) is 31.2 Å². The first-order valence-electron chi connectivity index (χ1n) is 14.5. The van der Waals surface area contributed by atoms with Gasteiger partial charge >= 0.3 is 12.2 Å². The van der Waals surface area contributed by atoms with Crippen molar-refractivity contribution in [1.29, 1.82) is 0 Å². The predicted octanol–water partition coefficient (Wildman–Crippen LogP) is 3.82. The third-order valence-electron chi connectivity index (χ3n) is 8.42. The van der Waals surface area contributed by atoms with Gasteiger partial charge in [-0.2, -0.15) is 0 Å². The van der Waals surface area contributed by atoms with Crippen molar-refractivity contribution in [1.82, 2.24) is 30.0 Å². The average Bonchev–Trinajstić information content (AvgIpc) is 3.49. The number of aromatic nitrogens is 5. The Balaban J connectivity index is 1.25. The summed E-state index contributed by atoms with van der Waals surface area (Å²) in [6.07, 6.45) is 5.71. The minimum atomic E-state index is -0.633. The molecule has 0 unspecified atom stereocenters. The van der Waals surface area contributed by atoms with E-state index in [1.165, 1.54) is 11.8 Å². The summed E-state index contributed by atoms with van der Waals surface area (Å²) in [5.41, 5.74) is 2.02. The van der Waals surface area contributed by atoms with Crippen molar-refractivity contribution in [3.63, 3.8) is 0 Å². The molecule has 2 atom stereocenters. The van der Waals surface area contributed by atoms with Crippen LogP contribution in [0.4, 0.5) is 26.9 Å². The molecule has 1 N–H and O–H groups in total. The topological polar surface area (TPSA) is 137 Å². The molecule has 3 aliphatic heterocycles. The van der Waals surface area contributed by atoms with Gasteiger partial charge in [-0.05, 0) is 65.5 Å². The first kappa shape index (κ1) is 28.1. The lowest BCUT2D eigenvalue weighted by Crippen LogP contribution is -2.55. The SMILES string of the molecule is COC(=O)n1nc(N2CCCc3ncccc32)c2ncc(N3CCC4(CC3)CO[C@@H](C)[C@H]4NC(=O)OC(C)(C)C)nc21. The van der Waals surface area contributed by atoms with E-state index in [1.54, 1.807) is 12.4 Å². The van der Waals surface area contributed by atoms with Crippen molar-refractivity contribution in [2.45, 2.75) is 71.1 Å². The maximum atomic E-state index is 12.8. The molecule has 0 radical (unpaired) electrons. The number of hydrogen-bond donors (Lipinski definition) is 1. The lowest BCUT2D eigenvalue weighted by Gasteiger charge is -2.42. The summed E-state index contributed by atoms with van der Waals surface area (Å²) < 4.78 is 17.8. The number of anilines is 3. The number of pyridine rings is 1. The number of rotatable bonds is 3. The molecular formula is C29H38N8O5. The zero-order chi connectivity index (χ0) is 29.6. The number of aryl methyl sites for hydroxylation is 1. The maximum absolute atomic E-state index is 12.8. The minimum absolute atomic E-state index is 0.122. The van der Waals surface area contributed by atoms with Gasteiger partial charge in [0.05, 0.1) is 43.4 Å². The highest BCUT2D eigenvalue weighted by molar-refractivity contribution is 5.93. The van der Waals surface area contributed by atoms with Crippen LogP contribution in [0, 0.1) is 5.41 Å². The van der Waals surface area contributed by atoms with Crippen LogP contribution in [0.15, 0.2) is 24.5 Å². The highest BCUT2D eigenvalue weighted by atomic mass is 16.6. The molecule has 2 saturated heterocycles. The third kappa shape index (κ3) is 5.10. The fourth-order valence-electron chi connectivity index (χ4n) is 6.35. The van der Waals surface area contributed by atoms with E-state index in [9.17, 15) is 9.59 Å². The number of alkyl carbamates (subject to hydrolysis) is 1. The lowest BCUT2D eigenvalue weighted by molar-refractivity contribution is 0.0434. The quantitative estimate of drug-likeness (QED) is 0.486. The molecule has 3 aromatic heterocycles. The molecule has 6 rings (SSSR count). The normalized spacial score (nSPS) is 21.8. The van der Waals surface area contributed by atoms with Crippen LogP contribution >= 0.6 is 0 Å². The molecule has 2 fully saturated rings. The average molecular weight is 579 g/mol. The standard InChI is InChI=1S/C29H38N8O5/c1-18-23(33-26(38)42-28(2,3)4)29(17-41-18)10-14-35(15-11-29)21-16-31-22-24(32-21)37(27(39)40-5)34-25(22)36-13-7-8-19-20(36)9-6-12-30-19/h6,9,12,16,18,23H,7-8,10-11,13-15,17H2,1-5H3,(H,33,38)/t18-,23+/m0/s1. The predicted molar refractivity (Wildman–Crippen MR) is 155 cm³/mol. The van der Waals surface area contributed by atoms with Crippen LogP contribution in [0.1, 0.15) is 52.7 Å². The van der Waals surface area contributed by atoms with E-state index in [2.05, 4.69) is 20.3 Å². The summed E-state index contributed by atoms with van der Waals surface area (Å²) in [4.78, 5) is 43.8. The van der Waals surface area contributed by atoms with Crippen LogP contribution in [0.25, 0.3) is 11.2 Å². The molecule has 13 heteroatoms. The fourth-order valence-corrected chi connectivity index (χ4v) is 6.35. The van der Waals surface area contributed by atoms with Crippen LogP contribution in [-0.2, 0) is 20.6 Å². The first-order chi connectivity index (χ1) is 20.1. The molecule has 13 nitrogen and oxygen atoms in total. The van der Waals surface area contributed by atoms with E-state index >= 15 is 0 Å². The number of carbonyl (C=O) groups is 2. The molecule has 42 heavy (non-hydrogen) atoms. The molecular weight excluding hydrogens is 540 g/mol. The Kier molecular flexibility index (Phi) is 7.16. The number of methoxy groups -OCH3 is 1. The van der Waals surface area contributed by atoms with Crippen LogP contribution in [-0.4, -0.2) is 88.0 Å². The van der Waals surface area contributed by atoms with Gasteiger partial charge in [0.25, 0.3) is 0 Å². The summed E-state index contributed by atoms with van der Waals surface area (Å²) in [6.45, 7) is 10.2. The Morgan fingerprint density at radius 3 is 2.69 bits per heavy atom. The van der Waals surface area contributed by atoms with Crippen molar-refractivity contribution >= 4 is 40.7 Å². The van der Waals surface area contributed by atoms with E-state index in [1.807, 2.05) is 44.7 Å². The molecule has 3 aromatic rings. The minimum Gasteiger partial charge on any atom is -0.451 e. The van der Waals surface area contributed by atoms with Gasteiger partial charge in [-0.1, -0.05) is 0 Å². The smallest absolute Gasteiger partial charge is 0.436 e. The number of carbonyl (C=O) groups excluding carboxylic acids is 2. The van der Waals surface area contributed by atoms with Gasteiger partial charge in [0.15, 0.2) is 17.0 Å². The van der Waals surface area contributed by atoms with Gasteiger partial charge in [-0.3, -0.25) is 4.98 Å². The number of nitrogens with one attached hydrogen (secondary N) is 1. The largest absolute Gasteiger partial charge is 0.451 e. The molecule has 3 aliphatic rings. The molecule has 1 spiro atoms. The van der Waals surface area contributed by atoms with E-state index in [0.29, 0.717) is 42.5 Å². The second-order valence-corrected chi connectivity index (χ2v) is 12.3. The van der Waals surface area contributed by atoms with Crippen LogP contribution < -0.4 is 15.1 Å². The van der Waals surface area contributed by atoms with E-state index < -0.39 is 17.8 Å². The Morgan fingerprint density at radius 2 is 1.95 bits per heavy atom. The summed E-state index contributed by atoms with van der Waals surface area (Å²) >= 11 is 0. The van der Waals surface area contributed by atoms with Gasteiger partial charge in [-0.25, -0.2) is 19.6 Å². The third-order valence-corrected chi connectivity index (χ3v) is 8.42. The highest BCUT2D eigenvalue weighted by Crippen LogP contribution is 2.43. The maximum Gasteiger partial charge on any atom is 0.436 e. The monoisotopic (exact) mass is 578 g/mol. The van der Waals surface area contributed by atoms with Crippen molar-refractivity contribution < 1.29 is 23.8 Å². The number of hydrogen-bond acceptors (Lipinski definition) is 11. The van der Waals surface area contributed by atoms with Gasteiger partial charge in [0.1, 0.15) is 11.4 Å². The number of amides is 1. The summed E-state index contributed by atoms with van der Waals surface area (Å²) in [7, 11) is 1.32. The fraction of sp³-hybridized carbons (Fsp3) is 0.586. The van der Waals surface area contributed by atoms with Crippen molar-refractivity contribution in [3.8, 4) is 0 Å². The number of ether oxygens (including phenoxy) is 3. The second-order valence-electron chi connectivity index (χ2n) is 12.3. The van der Waals surface area contributed by atoms with Crippen molar-refractivity contribution in [2.24, 2.45) is 5.41 Å². The van der Waals surface area contributed by atoms with E-state index in [4.69, 9.17) is 24.2 Å². The van der Waals surface area contributed by atoms with Gasteiger partial charge in [-0.15, -0.1) is 9.78 Å². The molecule has 0 saturated carbocycles. The molecule has 224 valence electrons. The summed E-state index contributed by atoms with van der Waals surface area (Å²) in [5, 5.41) is 7.71. The molecule has 6 heterocycles. The van der Waals surface area contributed by atoms with E-state index in [0.717, 1.165) is 43.6 Å².